The standard InChI is InChI=1S/C30H29F3N4O4S2/c1-40-24-13-8-20(18-25(24)41-2)14-16-37(27(39)19-42-23-6-4-3-5-7-23)17-15-26(38)34-29-36-35-28(43-29)21-9-11-22(12-10-21)30(31,32)33/h3-13,18H,14-17,19H2,1-2H3,(H,34,36,38). The summed E-state index contributed by atoms with van der Waals surface area (Å²) in [5.41, 5.74) is 0.635. The Labute approximate surface area is 255 Å². The van der Waals surface area contributed by atoms with E-state index in [9.17, 15) is 22.8 Å². The van der Waals surface area contributed by atoms with Gasteiger partial charge in [0.25, 0.3) is 0 Å². The van der Waals surface area contributed by atoms with Crippen LogP contribution >= 0.6 is 23.1 Å². The molecule has 0 atom stereocenters. The molecular formula is C30H29F3N4O4S2. The van der Waals surface area contributed by atoms with Gasteiger partial charge in [0.2, 0.25) is 16.9 Å². The summed E-state index contributed by atoms with van der Waals surface area (Å²) in [6.07, 6.45) is -3.88. The quantitative estimate of drug-likeness (QED) is 0.170. The van der Waals surface area contributed by atoms with Crippen molar-refractivity contribution < 1.29 is 32.2 Å². The molecule has 0 unspecified atom stereocenters. The maximum Gasteiger partial charge on any atom is 0.416 e. The van der Waals surface area contributed by atoms with Gasteiger partial charge in [-0.2, -0.15) is 13.2 Å². The number of carbonyl (C=O) groups is 2. The van der Waals surface area contributed by atoms with Crippen molar-refractivity contribution in [3.8, 4) is 22.1 Å². The highest BCUT2D eigenvalue weighted by molar-refractivity contribution is 8.00. The van der Waals surface area contributed by atoms with Crippen LogP contribution in [0.3, 0.4) is 0 Å². The molecule has 0 saturated carbocycles. The molecule has 43 heavy (non-hydrogen) atoms. The number of rotatable bonds is 13. The Morgan fingerprint density at radius 1 is 0.930 bits per heavy atom. The molecule has 0 aliphatic carbocycles. The monoisotopic (exact) mass is 630 g/mol. The minimum Gasteiger partial charge on any atom is -0.493 e. The summed E-state index contributed by atoms with van der Waals surface area (Å²) in [4.78, 5) is 28.6. The number of thioether (sulfide) groups is 1. The predicted octanol–water partition coefficient (Wildman–Crippen LogP) is 6.43. The van der Waals surface area contributed by atoms with Gasteiger partial charge in [-0.3, -0.25) is 9.59 Å². The van der Waals surface area contributed by atoms with Gasteiger partial charge in [0.1, 0.15) is 5.01 Å². The van der Waals surface area contributed by atoms with E-state index in [1.54, 1.807) is 25.2 Å². The number of alkyl halides is 3. The van der Waals surface area contributed by atoms with Crippen LogP contribution < -0.4 is 14.8 Å². The number of amides is 2. The molecule has 0 bridgehead atoms. The predicted molar refractivity (Wildman–Crippen MR) is 161 cm³/mol. The summed E-state index contributed by atoms with van der Waals surface area (Å²) in [7, 11) is 3.12. The first-order valence-electron chi connectivity index (χ1n) is 13.1. The maximum absolute atomic E-state index is 13.2. The summed E-state index contributed by atoms with van der Waals surface area (Å²) in [5.74, 6) is 0.931. The van der Waals surface area contributed by atoms with E-state index in [0.717, 1.165) is 33.9 Å². The Bertz CT molecular complexity index is 1520. The third-order valence-corrected chi connectivity index (χ3v) is 8.20. The molecule has 0 fully saturated rings. The topological polar surface area (TPSA) is 93.6 Å². The van der Waals surface area contributed by atoms with Gasteiger partial charge in [0.15, 0.2) is 11.5 Å². The Balaban J connectivity index is 1.37. The van der Waals surface area contributed by atoms with Crippen LogP contribution in [-0.4, -0.2) is 60.0 Å². The van der Waals surface area contributed by atoms with Gasteiger partial charge in [-0.25, -0.2) is 0 Å². The fourth-order valence-corrected chi connectivity index (χ4v) is 5.61. The third kappa shape index (κ3) is 9.19. The molecule has 0 saturated heterocycles. The molecule has 3 aromatic carbocycles. The van der Waals surface area contributed by atoms with Gasteiger partial charge in [0.05, 0.1) is 25.5 Å². The molecule has 13 heteroatoms. The van der Waals surface area contributed by atoms with Crippen molar-refractivity contribution in [2.45, 2.75) is 23.9 Å². The number of carbonyl (C=O) groups excluding carboxylic acids is 2. The SMILES string of the molecule is COc1ccc(CCN(CCC(=O)Nc2nnc(-c3ccc(C(F)(F)F)cc3)s2)C(=O)CSc2ccccc2)cc1OC. The van der Waals surface area contributed by atoms with E-state index in [0.29, 0.717) is 35.0 Å². The average Bonchev–Trinajstić information content (AvgIpc) is 3.48. The molecular weight excluding hydrogens is 601 g/mol. The smallest absolute Gasteiger partial charge is 0.416 e. The number of anilines is 1. The van der Waals surface area contributed by atoms with E-state index in [4.69, 9.17) is 9.47 Å². The summed E-state index contributed by atoms with van der Waals surface area (Å²) in [5, 5.41) is 11.2. The lowest BCUT2D eigenvalue weighted by atomic mass is 10.1. The summed E-state index contributed by atoms with van der Waals surface area (Å²) in [6.45, 7) is 0.561. The number of ether oxygens (including phenoxy) is 2. The Morgan fingerprint density at radius 2 is 1.65 bits per heavy atom. The van der Waals surface area contributed by atoms with Crippen LogP contribution in [0.25, 0.3) is 10.6 Å². The molecule has 1 N–H and O–H groups in total. The average molecular weight is 631 g/mol. The molecule has 226 valence electrons. The minimum atomic E-state index is -4.43. The number of methoxy groups -OCH3 is 2. The first-order valence-corrected chi connectivity index (χ1v) is 14.9. The second-order valence-electron chi connectivity index (χ2n) is 9.21. The van der Waals surface area contributed by atoms with Gasteiger partial charge in [-0.1, -0.05) is 47.7 Å². The lowest BCUT2D eigenvalue weighted by Gasteiger charge is -2.23. The van der Waals surface area contributed by atoms with Crippen LogP contribution in [0.2, 0.25) is 0 Å². The van der Waals surface area contributed by atoms with Gasteiger partial charge in [-0.15, -0.1) is 22.0 Å². The molecule has 8 nitrogen and oxygen atoms in total. The number of aromatic nitrogens is 2. The Hall–Kier alpha value is -4.10. The van der Waals surface area contributed by atoms with Crippen molar-refractivity contribution in [2.75, 3.05) is 38.4 Å². The summed E-state index contributed by atoms with van der Waals surface area (Å²) in [6, 6.07) is 19.7. The first-order chi connectivity index (χ1) is 20.7. The zero-order valence-corrected chi connectivity index (χ0v) is 25.0. The van der Waals surface area contributed by atoms with Gasteiger partial charge in [-0.05, 0) is 48.4 Å². The normalized spacial score (nSPS) is 11.2. The number of halogens is 3. The number of hydrogen-bond acceptors (Lipinski definition) is 8. The van der Waals surface area contributed by atoms with Gasteiger partial charge < -0.3 is 19.7 Å². The van der Waals surface area contributed by atoms with Crippen LogP contribution in [0.4, 0.5) is 18.3 Å². The zero-order valence-electron chi connectivity index (χ0n) is 23.4. The van der Waals surface area contributed by atoms with Crippen molar-refractivity contribution in [3.05, 3.63) is 83.9 Å². The second-order valence-corrected chi connectivity index (χ2v) is 11.2. The Kier molecular flexibility index (Phi) is 11.0. The van der Waals surface area contributed by atoms with Crippen molar-refractivity contribution in [2.24, 2.45) is 0 Å². The Morgan fingerprint density at radius 3 is 2.33 bits per heavy atom. The number of hydrogen-bond donors (Lipinski definition) is 1. The summed E-state index contributed by atoms with van der Waals surface area (Å²) >= 11 is 2.47. The van der Waals surface area contributed by atoms with E-state index in [2.05, 4.69) is 15.5 Å². The summed E-state index contributed by atoms with van der Waals surface area (Å²) < 4.78 is 49.3. The molecule has 0 aliphatic heterocycles. The highest BCUT2D eigenvalue weighted by atomic mass is 32.2. The molecule has 0 spiro atoms. The van der Waals surface area contributed by atoms with Crippen LogP contribution in [0.5, 0.6) is 11.5 Å². The van der Waals surface area contributed by atoms with E-state index in [-0.39, 0.29) is 35.7 Å². The fraction of sp³-hybridized carbons (Fsp3) is 0.267. The van der Waals surface area contributed by atoms with Gasteiger partial charge in [0, 0.05) is 30.0 Å². The molecule has 4 rings (SSSR count). The number of benzene rings is 3. The van der Waals surface area contributed by atoms with E-state index in [1.165, 1.54) is 23.9 Å². The molecule has 1 aromatic heterocycles. The van der Waals surface area contributed by atoms with Crippen LogP contribution in [0.15, 0.2) is 77.7 Å². The first kappa shape index (κ1) is 31.8. The highest BCUT2D eigenvalue weighted by Gasteiger charge is 2.30. The van der Waals surface area contributed by atoms with Crippen molar-refractivity contribution in [1.82, 2.24) is 15.1 Å². The van der Waals surface area contributed by atoms with E-state index in [1.807, 2.05) is 42.5 Å². The van der Waals surface area contributed by atoms with E-state index >= 15 is 0 Å². The van der Waals surface area contributed by atoms with Crippen molar-refractivity contribution in [3.63, 3.8) is 0 Å². The minimum absolute atomic E-state index is 0.0167. The maximum atomic E-state index is 13.2. The lowest BCUT2D eigenvalue weighted by Crippen LogP contribution is -2.36. The second kappa shape index (κ2) is 14.9. The van der Waals surface area contributed by atoms with E-state index < -0.39 is 11.7 Å². The molecule has 4 aromatic rings. The lowest BCUT2D eigenvalue weighted by molar-refractivity contribution is -0.137. The van der Waals surface area contributed by atoms with Gasteiger partial charge >= 0.3 is 6.18 Å². The van der Waals surface area contributed by atoms with Crippen molar-refractivity contribution >= 4 is 40.0 Å². The largest absolute Gasteiger partial charge is 0.493 e. The molecule has 2 amide bonds. The molecule has 0 radical (unpaired) electrons. The van der Waals surface area contributed by atoms with Crippen LogP contribution in [0, 0.1) is 0 Å². The van der Waals surface area contributed by atoms with Crippen LogP contribution in [0.1, 0.15) is 17.5 Å². The number of nitrogens with zero attached hydrogens (tertiary/aromatic N) is 3. The molecule has 0 aliphatic rings. The fourth-order valence-electron chi connectivity index (χ4n) is 4.02. The van der Waals surface area contributed by atoms with Crippen LogP contribution in [-0.2, 0) is 22.2 Å². The molecule has 1 heterocycles. The zero-order chi connectivity index (χ0) is 30.8. The van der Waals surface area contributed by atoms with Crippen molar-refractivity contribution in [1.29, 1.82) is 0 Å². The highest BCUT2D eigenvalue weighted by Crippen LogP contribution is 2.32. The third-order valence-electron chi connectivity index (χ3n) is 6.32. The number of nitrogens with one attached hydrogen (secondary N) is 1.